The third kappa shape index (κ3) is 3.15. The molecule has 0 aliphatic carbocycles. The number of aromatic nitrogens is 2. The van der Waals surface area contributed by atoms with Gasteiger partial charge in [-0.05, 0) is 35.6 Å². The summed E-state index contributed by atoms with van der Waals surface area (Å²) in [4.78, 5) is 18.3. The number of carbonyl (C=O) groups is 1. The number of thioether (sulfide) groups is 1. The number of carboxylic acid groups (broad SMARTS) is 1. The zero-order valence-electron chi connectivity index (χ0n) is 15.4. The van der Waals surface area contributed by atoms with Gasteiger partial charge in [0.05, 0.1) is 22.6 Å². The third-order valence-corrected chi connectivity index (χ3v) is 6.45. The number of carboxylic acids is 1. The van der Waals surface area contributed by atoms with E-state index < -0.39 is 5.97 Å². The van der Waals surface area contributed by atoms with Gasteiger partial charge in [-0.3, -0.25) is 0 Å². The molecule has 140 valence electrons. The lowest BCUT2D eigenvalue weighted by atomic mass is 9.96. The lowest BCUT2D eigenvalue weighted by Crippen LogP contribution is -2.16. The van der Waals surface area contributed by atoms with E-state index in [-0.39, 0.29) is 5.82 Å². The Morgan fingerprint density at radius 2 is 2.22 bits per heavy atom. The van der Waals surface area contributed by atoms with E-state index in [0.29, 0.717) is 11.8 Å². The van der Waals surface area contributed by atoms with Gasteiger partial charge in [0.2, 0.25) is 5.82 Å². The number of hydrogen-bond donors (Lipinski definition) is 1. The second-order valence-corrected chi connectivity index (χ2v) is 9.21. The molecule has 4 rings (SSSR count). The Morgan fingerprint density at radius 1 is 1.41 bits per heavy atom. The molecule has 0 amide bonds. The van der Waals surface area contributed by atoms with Crippen LogP contribution in [0.5, 0.6) is 5.75 Å². The maximum atomic E-state index is 11.8. The summed E-state index contributed by atoms with van der Waals surface area (Å²) < 4.78 is 7.45. The normalized spacial score (nSPS) is 12.7. The van der Waals surface area contributed by atoms with Crippen molar-refractivity contribution in [2.24, 2.45) is 0 Å². The molecule has 1 aliphatic heterocycles. The number of hydrogen-bond acceptors (Lipinski definition) is 5. The van der Waals surface area contributed by atoms with Crippen molar-refractivity contribution in [3.05, 3.63) is 41.0 Å². The first-order chi connectivity index (χ1) is 13.0. The van der Waals surface area contributed by atoms with Crippen molar-refractivity contribution in [1.82, 2.24) is 9.55 Å². The van der Waals surface area contributed by atoms with Crippen LogP contribution in [0.4, 0.5) is 0 Å². The van der Waals surface area contributed by atoms with Gasteiger partial charge in [-0.2, -0.15) is 0 Å². The molecule has 0 saturated heterocycles. The molecular formula is C20H20N2O3S2. The van der Waals surface area contributed by atoms with Crippen LogP contribution >= 0.6 is 23.1 Å². The maximum Gasteiger partial charge on any atom is 0.372 e. The molecule has 1 aromatic carbocycles. The highest BCUT2D eigenvalue weighted by Crippen LogP contribution is 2.44. The van der Waals surface area contributed by atoms with E-state index in [0.717, 1.165) is 38.9 Å². The van der Waals surface area contributed by atoms with Gasteiger partial charge in [-0.15, -0.1) is 23.1 Å². The molecule has 3 aromatic rings. The Balaban J connectivity index is 1.97. The molecule has 0 unspecified atom stereocenters. The number of aryl methyl sites for hydroxylation is 1. The molecule has 0 spiro atoms. The molecule has 0 saturated carbocycles. The van der Waals surface area contributed by atoms with Crippen LogP contribution in [0.25, 0.3) is 21.8 Å². The highest BCUT2D eigenvalue weighted by molar-refractivity contribution is 8.00. The van der Waals surface area contributed by atoms with Crippen molar-refractivity contribution in [2.75, 3.05) is 7.11 Å². The molecule has 27 heavy (non-hydrogen) atoms. The van der Waals surface area contributed by atoms with E-state index in [1.54, 1.807) is 30.2 Å². The Kier molecular flexibility index (Phi) is 4.74. The van der Waals surface area contributed by atoms with Gasteiger partial charge in [0, 0.05) is 17.4 Å². The van der Waals surface area contributed by atoms with Crippen LogP contribution < -0.4 is 4.74 Å². The van der Waals surface area contributed by atoms with E-state index in [9.17, 15) is 9.90 Å². The fourth-order valence-electron chi connectivity index (χ4n) is 3.46. The topological polar surface area (TPSA) is 64.3 Å². The zero-order chi connectivity index (χ0) is 19.1. The number of rotatable bonds is 5. The summed E-state index contributed by atoms with van der Waals surface area (Å²) in [7, 11) is 1.69. The summed E-state index contributed by atoms with van der Waals surface area (Å²) in [6, 6.07) is 8.18. The Hall–Kier alpha value is -2.25. The van der Waals surface area contributed by atoms with Crippen molar-refractivity contribution < 1.29 is 14.6 Å². The number of methoxy groups -OCH3 is 1. The molecule has 0 atom stereocenters. The van der Waals surface area contributed by atoms with Crippen molar-refractivity contribution in [1.29, 1.82) is 0 Å². The molecule has 2 aromatic heterocycles. The summed E-state index contributed by atoms with van der Waals surface area (Å²) >= 11 is 3.32. The molecule has 0 radical (unpaired) electrons. The van der Waals surface area contributed by atoms with Gasteiger partial charge in [-0.1, -0.05) is 19.9 Å². The first-order valence-electron chi connectivity index (χ1n) is 8.75. The van der Waals surface area contributed by atoms with Gasteiger partial charge in [0.1, 0.15) is 11.4 Å². The summed E-state index contributed by atoms with van der Waals surface area (Å²) in [6.45, 7) is 4.89. The molecule has 3 heterocycles. The van der Waals surface area contributed by atoms with E-state index in [1.807, 2.05) is 22.1 Å². The smallest absolute Gasteiger partial charge is 0.372 e. The summed E-state index contributed by atoms with van der Waals surface area (Å²) in [5.74, 6) is -0.0164. The van der Waals surface area contributed by atoms with Crippen molar-refractivity contribution in [3.8, 4) is 27.6 Å². The van der Waals surface area contributed by atoms with E-state index >= 15 is 0 Å². The number of thiophene rings is 1. The Bertz CT molecular complexity index is 1010. The summed E-state index contributed by atoms with van der Waals surface area (Å²) in [6.07, 6.45) is 0.756. The largest absolute Gasteiger partial charge is 0.496 e. The average Bonchev–Trinajstić information content (AvgIpc) is 3.28. The predicted octanol–water partition coefficient (Wildman–Crippen LogP) is 5.04. The third-order valence-electron chi connectivity index (χ3n) is 4.53. The van der Waals surface area contributed by atoms with Gasteiger partial charge in [0.25, 0.3) is 0 Å². The van der Waals surface area contributed by atoms with Crippen LogP contribution in [0.2, 0.25) is 0 Å². The molecule has 1 N–H and O–H groups in total. The maximum absolute atomic E-state index is 11.8. The second kappa shape index (κ2) is 7.05. The molecule has 0 bridgehead atoms. The van der Waals surface area contributed by atoms with Crippen molar-refractivity contribution >= 4 is 29.1 Å². The summed E-state index contributed by atoms with van der Waals surface area (Å²) in [5.41, 5.74) is 3.86. The van der Waals surface area contributed by atoms with Gasteiger partial charge in [-0.25, -0.2) is 9.78 Å². The molecular weight excluding hydrogens is 380 g/mol. The van der Waals surface area contributed by atoms with Crippen LogP contribution in [0, 0.1) is 0 Å². The lowest BCUT2D eigenvalue weighted by Gasteiger charge is -2.23. The van der Waals surface area contributed by atoms with E-state index in [1.165, 1.54) is 5.56 Å². The van der Waals surface area contributed by atoms with Crippen LogP contribution in [0.15, 0.2) is 34.5 Å². The van der Waals surface area contributed by atoms with Crippen LogP contribution in [0.1, 0.15) is 30.0 Å². The molecule has 7 heteroatoms. The van der Waals surface area contributed by atoms with Gasteiger partial charge < -0.3 is 14.4 Å². The fourth-order valence-corrected chi connectivity index (χ4v) is 5.13. The van der Waals surface area contributed by atoms with E-state index in [4.69, 9.17) is 4.74 Å². The second-order valence-electron chi connectivity index (χ2n) is 6.64. The monoisotopic (exact) mass is 400 g/mol. The number of imidazole rings is 1. The highest BCUT2D eigenvalue weighted by Gasteiger charge is 2.29. The van der Waals surface area contributed by atoms with Crippen molar-refractivity contribution in [3.63, 3.8) is 0 Å². The minimum absolute atomic E-state index is 0.105. The number of fused-ring (bicyclic) bond motifs is 3. The highest BCUT2D eigenvalue weighted by atomic mass is 32.2. The Morgan fingerprint density at radius 3 is 2.85 bits per heavy atom. The van der Waals surface area contributed by atoms with Gasteiger partial charge >= 0.3 is 5.97 Å². The standard InChI is InChI=1S/C20H20N2O3S2/c1-11(2)27-16-10-13-12(9-14(16)25-3)6-7-22-18(13)17(15-5-4-8-26-15)21-19(22)20(23)24/h4-5,8-11H,6-7H2,1-3H3,(H,23,24). The minimum Gasteiger partial charge on any atom is -0.496 e. The van der Waals surface area contributed by atoms with Crippen LogP contribution in [-0.2, 0) is 13.0 Å². The molecule has 5 nitrogen and oxygen atoms in total. The minimum atomic E-state index is -0.993. The number of nitrogens with zero attached hydrogens (tertiary/aromatic N) is 2. The van der Waals surface area contributed by atoms with E-state index in [2.05, 4.69) is 31.0 Å². The van der Waals surface area contributed by atoms with Crippen LogP contribution in [-0.4, -0.2) is 33.0 Å². The lowest BCUT2D eigenvalue weighted by molar-refractivity contribution is 0.0678. The average molecular weight is 401 g/mol. The predicted molar refractivity (Wildman–Crippen MR) is 109 cm³/mol. The number of ether oxygens (including phenoxy) is 1. The zero-order valence-corrected chi connectivity index (χ0v) is 17.0. The van der Waals surface area contributed by atoms with Crippen molar-refractivity contribution in [2.45, 2.75) is 37.0 Å². The SMILES string of the molecule is COc1cc2c(cc1SC(C)C)-c1c(-c3cccs3)nc(C(=O)O)n1CC2. The van der Waals surface area contributed by atoms with Crippen LogP contribution in [0.3, 0.4) is 0 Å². The first kappa shape index (κ1) is 18.1. The number of benzene rings is 1. The fraction of sp³-hybridized carbons (Fsp3) is 0.300. The molecule has 1 aliphatic rings. The Labute approximate surface area is 166 Å². The number of aromatic carboxylic acids is 1. The van der Waals surface area contributed by atoms with Gasteiger partial charge in [0.15, 0.2) is 0 Å². The quantitative estimate of drug-likeness (QED) is 0.608. The summed E-state index contributed by atoms with van der Waals surface area (Å²) in [5, 5.41) is 12.1. The molecule has 0 fully saturated rings. The first-order valence-corrected chi connectivity index (χ1v) is 10.5.